The van der Waals surface area contributed by atoms with Crippen molar-refractivity contribution in [3.8, 4) is 5.75 Å². The van der Waals surface area contributed by atoms with Gasteiger partial charge in [0.15, 0.2) is 6.10 Å². The first-order chi connectivity index (χ1) is 17.3. The second kappa shape index (κ2) is 11.9. The average Bonchev–Trinajstić information content (AvgIpc) is 2.86. The van der Waals surface area contributed by atoms with Crippen LogP contribution in [0, 0.1) is 23.7 Å². The van der Waals surface area contributed by atoms with Crippen molar-refractivity contribution in [1.29, 1.82) is 0 Å². The molecule has 13 heteroatoms. The van der Waals surface area contributed by atoms with Crippen LogP contribution in [0.25, 0.3) is 0 Å². The fourth-order valence-electron chi connectivity index (χ4n) is 5.68. The van der Waals surface area contributed by atoms with E-state index >= 15 is 0 Å². The Kier molecular flexibility index (Phi) is 9.53. The molecule has 2 aliphatic rings. The van der Waals surface area contributed by atoms with Crippen molar-refractivity contribution in [2.75, 3.05) is 0 Å². The molecule has 6 radical (unpaired) electrons. The molecule has 1 aromatic rings. The van der Waals surface area contributed by atoms with Crippen LogP contribution in [0.4, 0.5) is 8.78 Å². The van der Waals surface area contributed by atoms with E-state index in [9.17, 15) is 26.8 Å². The van der Waals surface area contributed by atoms with Gasteiger partial charge in [0.2, 0.25) is 0 Å². The number of esters is 2. The third-order valence-corrected chi connectivity index (χ3v) is 8.60. The van der Waals surface area contributed by atoms with Gasteiger partial charge < -0.3 is 9.47 Å². The number of benzene rings is 1. The summed E-state index contributed by atoms with van der Waals surface area (Å²) >= 11 is 0. The Hall–Kier alpha value is -1.88. The molecule has 5 atom stereocenters. The lowest BCUT2D eigenvalue weighted by molar-refractivity contribution is -0.171. The van der Waals surface area contributed by atoms with Crippen LogP contribution < -0.4 is 4.74 Å². The van der Waals surface area contributed by atoms with Crippen LogP contribution in [0.1, 0.15) is 62.1 Å². The Morgan fingerprint density at radius 3 is 1.89 bits per heavy atom. The number of carbonyl (C=O) groups excluding carboxylic acids is 2. The predicted octanol–water partition coefficient (Wildman–Crippen LogP) is 2.84. The maximum atomic E-state index is 13.9. The third-order valence-electron chi connectivity index (χ3n) is 7.59. The molecule has 196 valence electrons. The molecule has 0 amide bonds. The second-order valence-corrected chi connectivity index (χ2v) is 11.3. The Morgan fingerprint density at radius 1 is 0.973 bits per heavy atom. The summed E-state index contributed by atoms with van der Waals surface area (Å²) in [4.78, 5) is 26.2. The van der Waals surface area contributed by atoms with Crippen molar-refractivity contribution in [3.63, 3.8) is 0 Å². The molecular formula is C24H29B3F2O7S. The minimum absolute atomic E-state index is 0.112. The molecule has 3 rings (SSSR count). The Labute approximate surface area is 220 Å². The largest absolute Gasteiger partial charge is 0.455 e. The summed E-state index contributed by atoms with van der Waals surface area (Å²) in [6.07, 6.45) is 1.42. The zero-order chi connectivity index (χ0) is 27.5. The summed E-state index contributed by atoms with van der Waals surface area (Å²) in [5.41, 5.74) is 2.01. The number of hydrogen-bond acceptors (Lipinski definition) is 6. The van der Waals surface area contributed by atoms with E-state index in [1.165, 1.54) is 0 Å². The van der Waals surface area contributed by atoms with Crippen LogP contribution in [0.3, 0.4) is 0 Å². The van der Waals surface area contributed by atoms with Crippen molar-refractivity contribution >= 4 is 45.6 Å². The number of carbonyl (C=O) groups is 2. The lowest BCUT2D eigenvalue weighted by Gasteiger charge is -2.44. The third kappa shape index (κ3) is 6.24. The van der Waals surface area contributed by atoms with Crippen molar-refractivity contribution in [3.05, 3.63) is 28.8 Å². The number of hydrogen-bond donors (Lipinski definition) is 1. The first kappa shape index (κ1) is 29.7. The average molecular weight is 532 g/mol. The zero-order valence-corrected chi connectivity index (χ0v) is 21.5. The highest BCUT2D eigenvalue weighted by atomic mass is 32.2. The molecule has 0 saturated heterocycles. The molecule has 2 saturated carbocycles. The Bertz CT molecular complexity index is 1090. The highest BCUT2D eigenvalue weighted by molar-refractivity contribution is 7.86. The van der Waals surface area contributed by atoms with Gasteiger partial charge in [-0.1, -0.05) is 49.5 Å². The summed E-state index contributed by atoms with van der Waals surface area (Å²) in [5.74, 6) is -3.00. The van der Waals surface area contributed by atoms with E-state index in [2.05, 4.69) is 0 Å². The van der Waals surface area contributed by atoms with Gasteiger partial charge in [-0.3, -0.25) is 14.1 Å². The van der Waals surface area contributed by atoms with Crippen molar-refractivity contribution in [1.82, 2.24) is 0 Å². The first-order valence-corrected chi connectivity index (χ1v) is 13.8. The minimum Gasteiger partial charge on any atom is -0.455 e. The monoisotopic (exact) mass is 532 g/mol. The molecule has 2 fully saturated rings. The summed E-state index contributed by atoms with van der Waals surface area (Å²) in [7, 11) is 11.7. The number of halogens is 2. The lowest BCUT2D eigenvalue weighted by Crippen LogP contribution is -2.46. The van der Waals surface area contributed by atoms with Crippen LogP contribution in [-0.4, -0.2) is 59.8 Å². The van der Waals surface area contributed by atoms with E-state index < -0.39 is 45.3 Å². The molecule has 0 spiro atoms. The standard InChI is InChI=1S/C24H29B3F2O7S/c1-13(24(28,29)37(32,33)34)35-22(30)19-6-2-5-18-17(19)4-3-7-20(18)23(31)36-21-15(11-26)8-14(10-25)9-16(21)12-27/h8-9,13,17-20H,2-7,10-12H2,1H3,(H,32,33,34). The van der Waals surface area contributed by atoms with Gasteiger partial charge in [0.05, 0.1) is 35.4 Å². The molecule has 5 unspecified atom stereocenters. The predicted molar refractivity (Wildman–Crippen MR) is 134 cm³/mol. The molecule has 37 heavy (non-hydrogen) atoms. The van der Waals surface area contributed by atoms with Crippen LogP contribution in [0.15, 0.2) is 12.1 Å². The van der Waals surface area contributed by atoms with Crippen LogP contribution in [-0.2, 0) is 43.4 Å². The molecule has 0 heterocycles. The van der Waals surface area contributed by atoms with E-state index in [4.69, 9.17) is 37.6 Å². The molecule has 1 N–H and O–H groups in total. The van der Waals surface area contributed by atoms with E-state index in [0.717, 1.165) is 5.56 Å². The Balaban J connectivity index is 1.78. The highest BCUT2D eigenvalue weighted by Crippen LogP contribution is 2.48. The fraction of sp³-hybridized carbons (Fsp3) is 0.667. The van der Waals surface area contributed by atoms with Crippen LogP contribution in [0.5, 0.6) is 5.75 Å². The fourth-order valence-corrected chi connectivity index (χ4v) is 6.15. The summed E-state index contributed by atoms with van der Waals surface area (Å²) in [6.45, 7) is 0.715. The van der Waals surface area contributed by atoms with E-state index in [1.54, 1.807) is 12.1 Å². The molecule has 7 nitrogen and oxygen atoms in total. The maximum Gasteiger partial charge on any atom is 0.405 e. The maximum absolute atomic E-state index is 13.9. The zero-order valence-electron chi connectivity index (χ0n) is 20.7. The SMILES string of the molecule is [B]Cc1cc(C[B])c(OC(=O)C2CCCC3C(C(=O)OC(C)C(F)(F)S(=O)(=O)O)CCCC23)c(C[B])c1. The molecule has 1 aromatic carbocycles. The molecule has 2 aliphatic carbocycles. The lowest BCUT2D eigenvalue weighted by atomic mass is 9.61. The summed E-state index contributed by atoms with van der Waals surface area (Å²) in [5, 5.41) is -4.64. The van der Waals surface area contributed by atoms with Gasteiger partial charge in [-0.25, -0.2) is 0 Å². The van der Waals surface area contributed by atoms with Gasteiger partial charge in [-0.15, -0.1) is 0 Å². The summed E-state index contributed by atoms with van der Waals surface area (Å²) < 4.78 is 69.4. The van der Waals surface area contributed by atoms with Gasteiger partial charge in [0.25, 0.3) is 0 Å². The van der Waals surface area contributed by atoms with E-state index in [-0.39, 0.29) is 30.8 Å². The first-order valence-electron chi connectivity index (χ1n) is 12.4. The smallest absolute Gasteiger partial charge is 0.405 e. The number of fused-ring (bicyclic) bond motifs is 1. The molecule has 0 bridgehead atoms. The number of ether oxygens (including phenoxy) is 2. The van der Waals surface area contributed by atoms with Crippen molar-refractivity contribution < 1.29 is 40.8 Å². The minimum atomic E-state index is -5.76. The topological polar surface area (TPSA) is 107 Å². The summed E-state index contributed by atoms with van der Waals surface area (Å²) in [6, 6.07) is 3.53. The highest BCUT2D eigenvalue weighted by Gasteiger charge is 2.53. The van der Waals surface area contributed by atoms with E-state index in [0.29, 0.717) is 62.3 Å². The Morgan fingerprint density at radius 2 is 1.46 bits per heavy atom. The molecule has 0 aromatic heterocycles. The van der Waals surface area contributed by atoms with Gasteiger partial charge in [0, 0.05) is 0 Å². The van der Waals surface area contributed by atoms with Crippen molar-refractivity contribution in [2.24, 2.45) is 23.7 Å². The molecule has 0 aliphatic heterocycles. The van der Waals surface area contributed by atoms with Crippen LogP contribution >= 0.6 is 0 Å². The van der Waals surface area contributed by atoms with Gasteiger partial charge >= 0.3 is 27.3 Å². The van der Waals surface area contributed by atoms with Gasteiger partial charge in [-0.05, 0) is 55.6 Å². The number of rotatable bonds is 9. The van der Waals surface area contributed by atoms with Gasteiger partial charge in [-0.2, -0.15) is 17.2 Å². The quantitative estimate of drug-likeness (QED) is 0.226. The van der Waals surface area contributed by atoms with Crippen molar-refractivity contribution in [2.45, 2.75) is 75.8 Å². The van der Waals surface area contributed by atoms with E-state index in [1.807, 2.05) is 0 Å². The van der Waals surface area contributed by atoms with Crippen LogP contribution in [0.2, 0.25) is 0 Å². The number of alkyl halides is 2. The van der Waals surface area contributed by atoms with Gasteiger partial charge in [0.1, 0.15) is 5.75 Å². The molecular weight excluding hydrogens is 503 g/mol. The normalized spacial score (nSPS) is 25.1. The second-order valence-electron chi connectivity index (χ2n) is 9.80.